The second kappa shape index (κ2) is 13.3. The van der Waals surface area contributed by atoms with Crippen molar-refractivity contribution in [2.45, 2.75) is 116 Å². The highest BCUT2D eigenvalue weighted by Gasteiger charge is 2.43. The molecule has 0 bridgehead atoms. The molecule has 2 aliphatic rings. The monoisotopic (exact) mass is 580 g/mol. The average molecular weight is 581 g/mol. The first kappa shape index (κ1) is 30.6. The summed E-state index contributed by atoms with van der Waals surface area (Å²) in [6.45, 7) is 9.32. The van der Waals surface area contributed by atoms with E-state index in [1.165, 1.54) is 110 Å². The van der Waals surface area contributed by atoms with Gasteiger partial charge in [-0.05, 0) is 93.5 Å². The Balaban J connectivity index is 1.36. The molecule has 0 atom stereocenters. The second-order valence-corrected chi connectivity index (χ2v) is 13.6. The molecule has 44 heavy (non-hydrogen) atoms. The average Bonchev–Trinajstić information content (AvgIpc) is 3.50. The summed E-state index contributed by atoms with van der Waals surface area (Å²) < 4.78 is 0. The Morgan fingerprint density at radius 1 is 0.409 bits per heavy atom. The molecule has 0 heteroatoms. The largest absolute Gasteiger partial charge is 0.0654 e. The van der Waals surface area contributed by atoms with Gasteiger partial charge in [0.2, 0.25) is 0 Å². The van der Waals surface area contributed by atoms with E-state index in [-0.39, 0.29) is 10.8 Å². The summed E-state index contributed by atoms with van der Waals surface area (Å²) in [5.74, 6) is 0. The summed E-state index contributed by atoms with van der Waals surface area (Å²) >= 11 is 0. The van der Waals surface area contributed by atoms with Crippen LogP contribution in [0.1, 0.15) is 138 Å². The SMILES string of the molecule is CCCCC1(CCCC)c2ccccc2-c2cc(/C=C/c3ccc4c(c3)-c3ccccc3C4(CCCC)CCCC)ccc21. The third-order valence-electron chi connectivity index (χ3n) is 10.9. The van der Waals surface area contributed by atoms with Crippen LogP contribution in [0.25, 0.3) is 34.4 Å². The normalized spacial score (nSPS) is 15.3. The van der Waals surface area contributed by atoms with E-state index < -0.39 is 0 Å². The Kier molecular flexibility index (Phi) is 9.27. The fourth-order valence-corrected chi connectivity index (χ4v) is 8.61. The Hall–Kier alpha value is -3.38. The van der Waals surface area contributed by atoms with Crippen LogP contribution in [-0.2, 0) is 10.8 Å². The molecule has 0 fully saturated rings. The maximum Gasteiger partial charge on any atom is 0.0215 e. The molecule has 0 unspecified atom stereocenters. The molecule has 228 valence electrons. The first-order chi connectivity index (χ1) is 21.6. The molecule has 0 aromatic heterocycles. The minimum Gasteiger partial charge on any atom is -0.0654 e. The third-order valence-corrected chi connectivity index (χ3v) is 10.9. The van der Waals surface area contributed by atoms with Crippen molar-refractivity contribution in [1.29, 1.82) is 0 Å². The van der Waals surface area contributed by atoms with Crippen LogP contribution in [-0.4, -0.2) is 0 Å². The van der Waals surface area contributed by atoms with Crippen molar-refractivity contribution in [2.24, 2.45) is 0 Å². The minimum absolute atomic E-state index is 0.162. The van der Waals surface area contributed by atoms with Crippen LogP contribution in [0.5, 0.6) is 0 Å². The van der Waals surface area contributed by atoms with Crippen LogP contribution in [0.3, 0.4) is 0 Å². The molecule has 0 heterocycles. The highest BCUT2D eigenvalue weighted by molar-refractivity contribution is 5.86. The van der Waals surface area contributed by atoms with Gasteiger partial charge in [-0.1, -0.05) is 164 Å². The lowest BCUT2D eigenvalue weighted by Gasteiger charge is -2.32. The van der Waals surface area contributed by atoms with E-state index in [9.17, 15) is 0 Å². The van der Waals surface area contributed by atoms with Crippen LogP contribution in [0.2, 0.25) is 0 Å². The van der Waals surface area contributed by atoms with E-state index >= 15 is 0 Å². The molecule has 0 nitrogen and oxygen atoms in total. The van der Waals surface area contributed by atoms with E-state index in [1.54, 1.807) is 22.3 Å². The van der Waals surface area contributed by atoms with Gasteiger partial charge in [0.05, 0.1) is 0 Å². The third kappa shape index (κ3) is 5.29. The highest BCUT2D eigenvalue weighted by atomic mass is 14.5. The molecule has 6 rings (SSSR count). The van der Waals surface area contributed by atoms with Crippen molar-refractivity contribution in [3.05, 3.63) is 118 Å². The van der Waals surface area contributed by atoms with Crippen molar-refractivity contribution in [3.63, 3.8) is 0 Å². The zero-order valence-corrected chi connectivity index (χ0v) is 27.7. The number of benzene rings is 4. The number of hydrogen-bond acceptors (Lipinski definition) is 0. The van der Waals surface area contributed by atoms with Crippen LogP contribution < -0.4 is 0 Å². The number of hydrogen-bond donors (Lipinski definition) is 0. The van der Waals surface area contributed by atoms with Gasteiger partial charge in [-0.2, -0.15) is 0 Å². The topological polar surface area (TPSA) is 0 Å². The van der Waals surface area contributed by atoms with Crippen LogP contribution >= 0.6 is 0 Å². The molecule has 0 saturated carbocycles. The van der Waals surface area contributed by atoms with Crippen LogP contribution in [0, 0.1) is 0 Å². The van der Waals surface area contributed by atoms with Crippen molar-refractivity contribution in [1.82, 2.24) is 0 Å². The molecule has 0 aliphatic heterocycles. The van der Waals surface area contributed by atoms with Gasteiger partial charge in [0, 0.05) is 10.8 Å². The summed E-state index contributed by atoms with van der Waals surface area (Å²) in [6.07, 6.45) is 19.8. The van der Waals surface area contributed by atoms with Crippen molar-refractivity contribution >= 4 is 12.2 Å². The Morgan fingerprint density at radius 2 is 0.750 bits per heavy atom. The summed E-state index contributed by atoms with van der Waals surface area (Å²) in [5, 5.41) is 0. The van der Waals surface area contributed by atoms with Gasteiger partial charge in [-0.3, -0.25) is 0 Å². The van der Waals surface area contributed by atoms with Gasteiger partial charge in [0.15, 0.2) is 0 Å². The first-order valence-electron chi connectivity index (χ1n) is 17.8. The van der Waals surface area contributed by atoms with E-state index in [0.717, 1.165) is 0 Å². The minimum atomic E-state index is 0.162. The summed E-state index contributed by atoms with van der Waals surface area (Å²) in [5.41, 5.74) is 15.0. The fourth-order valence-electron chi connectivity index (χ4n) is 8.61. The number of rotatable bonds is 14. The highest BCUT2D eigenvalue weighted by Crippen LogP contribution is 2.55. The molecule has 0 N–H and O–H groups in total. The summed E-state index contributed by atoms with van der Waals surface area (Å²) in [6, 6.07) is 33.1. The Morgan fingerprint density at radius 3 is 1.11 bits per heavy atom. The molecular formula is C44H52. The maximum absolute atomic E-state index is 2.47. The van der Waals surface area contributed by atoms with Crippen LogP contribution in [0.15, 0.2) is 84.9 Å². The van der Waals surface area contributed by atoms with Gasteiger partial charge < -0.3 is 0 Å². The lowest BCUT2D eigenvalue weighted by Crippen LogP contribution is -2.25. The second-order valence-electron chi connectivity index (χ2n) is 13.6. The zero-order valence-electron chi connectivity index (χ0n) is 27.7. The smallest absolute Gasteiger partial charge is 0.0215 e. The first-order valence-corrected chi connectivity index (χ1v) is 17.8. The van der Waals surface area contributed by atoms with E-state index in [4.69, 9.17) is 0 Å². The predicted octanol–water partition coefficient (Wildman–Crippen LogP) is 13.2. The molecular weight excluding hydrogens is 528 g/mol. The van der Waals surface area contributed by atoms with Gasteiger partial charge in [-0.25, -0.2) is 0 Å². The lowest BCUT2D eigenvalue weighted by molar-refractivity contribution is 0.414. The predicted molar refractivity (Wildman–Crippen MR) is 192 cm³/mol. The van der Waals surface area contributed by atoms with E-state index in [0.29, 0.717) is 0 Å². The van der Waals surface area contributed by atoms with Gasteiger partial charge in [-0.15, -0.1) is 0 Å². The van der Waals surface area contributed by atoms with Crippen molar-refractivity contribution in [2.75, 3.05) is 0 Å². The number of fused-ring (bicyclic) bond motifs is 6. The summed E-state index contributed by atoms with van der Waals surface area (Å²) in [7, 11) is 0. The molecule has 0 amide bonds. The Bertz CT molecular complexity index is 1480. The quantitative estimate of drug-likeness (QED) is 0.130. The maximum atomic E-state index is 2.47. The van der Waals surface area contributed by atoms with Crippen LogP contribution in [0.4, 0.5) is 0 Å². The van der Waals surface area contributed by atoms with Gasteiger partial charge in [0.25, 0.3) is 0 Å². The summed E-state index contributed by atoms with van der Waals surface area (Å²) in [4.78, 5) is 0. The zero-order chi connectivity index (χ0) is 30.6. The lowest BCUT2D eigenvalue weighted by atomic mass is 9.71. The van der Waals surface area contributed by atoms with Crippen molar-refractivity contribution in [3.8, 4) is 22.3 Å². The van der Waals surface area contributed by atoms with Gasteiger partial charge >= 0.3 is 0 Å². The standard InChI is InChI=1S/C44H52/c1-5-9-27-43(28-10-6-2)39-19-15-13-17-35(39)37-31-33(23-25-41(37)43)21-22-34-24-26-42-38(32-34)36-18-14-16-20-40(36)44(42,29-11-7-3)30-12-8-4/h13-26,31-32H,5-12,27-30H2,1-4H3/b22-21+. The van der Waals surface area contributed by atoms with Gasteiger partial charge in [0.1, 0.15) is 0 Å². The van der Waals surface area contributed by atoms with Crippen molar-refractivity contribution < 1.29 is 0 Å². The molecule has 4 aromatic carbocycles. The molecule has 2 aliphatic carbocycles. The molecule has 0 radical (unpaired) electrons. The Labute approximate surface area is 267 Å². The van der Waals surface area contributed by atoms with E-state index in [2.05, 4.69) is 125 Å². The molecule has 0 saturated heterocycles. The molecule has 4 aromatic rings. The fraction of sp³-hybridized carbons (Fsp3) is 0.409. The molecule has 0 spiro atoms. The van der Waals surface area contributed by atoms with E-state index in [1.807, 2.05) is 0 Å². The number of unbranched alkanes of at least 4 members (excludes halogenated alkanes) is 4.